The molecule has 0 saturated carbocycles. The van der Waals surface area contributed by atoms with E-state index in [2.05, 4.69) is 4.98 Å². The van der Waals surface area contributed by atoms with Crippen molar-refractivity contribution in [3.63, 3.8) is 0 Å². The highest BCUT2D eigenvalue weighted by Gasteiger charge is 2.35. The molecule has 1 aromatic carbocycles. The van der Waals surface area contributed by atoms with Crippen LogP contribution in [-0.4, -0.2) is 20.9 Å². The molecular formula is C14H13F3N2O2. The van der Waals surface area contributed by atoms with Crippen LogP contribution in [0.4, 0.5) is 13.2 Å². The van der Waals surface area contributed by atoms with Crippen LogP contribution in [-0.2, 0) is 6.18 Å². The number of nitrogens with zero attached hydrogens (tertiary/aromatic N) is 2. The fourth-order valence-electron chi connectivity index (χ4n) is 1.92. The van der Waals surface area contributed by atoms with E-state index >= 15 is 0 Å². The van der Waals surface area contributed by atoms with Gasteiger partial charge in [-0.15, -0.1) is 0 Å². The molecule has 4 nitrogen and oxygen atoms in total. The molecule has 7 heteroatoms. The summed E-state index contributed by atoms with van der Waals surface area (Å²) in [6.45, 7) is 3.45. The quantitative estimate of drug-likeness (QED) is 0.880. The molecule has 0 bridgehead atoms. The molecule has 0 spiro atoms. The Kier molecular flexibility index (Phi) is 3.76. The number of rotatable bonds is 3. The second-order valence-corrected chi connectivity index (χ2v) is 4.84. The van der Waals surface area contributed by atoms with Crippen molar-refractivity contribution in [2.24, 2.45) is 0 Å². The maximum atomic E-state index is 12.8. The van der Waals surface area contributed by atoms with E-state index in [1.54, 1.807) is 13.8 Å². The van der Waals surface area contributed by atoms with Gasteiger partial charge < -0.3 is 9.67 Å². The van der Waals surface area contributed by atoms with Crippen molar-refractivity contribution in [3.05, 3.63) is 35.7 Å². The molecule has 0 aliphatic carbocycles. The lowest BCUT2D eigenvalue weighted by molar-refractivity contribution is -0.140. The van der Waals surface area contributed by atoms with Crippen molar-refractivity contribution in [1.82, 2.24) is 9.55 Å². The van der Waals surface area contributed by atoms with Crippen LogP contribution >= 0.6 is 0 Å². The summed E-state index contributed by atoms with van der Waals surface area (Å²) in [6, 6.07) is 3.77. The van der Waals surface area contributed by atoms with E-state index in [1.807, 2.05) is 0 Å². The number of aromatic nitrogens is 2. The number of aromatic hydroxyl groups is 1. The molecule has 0 atom stereocenters. The molecule has 1 N–H and O–H groups in total. The Morgan fingerprint density at radius 2 is 2.00 bits per heavy atom. The zero-order valence-electron chi connectivity index (χ0n) is 11.3. The fourth-order valence-corrected chi connectivity index (χ4v) is 1.92. The lowest BCUT2D eigenvalue weighted by Crippen LogP contribution is -2.05. The number of hydrogen-bond acceptors (Lipinski definition) is 3. The molecule has 21 heavy (non-hydrogen) atoms. The fraction of sp³-hybridized carbons (Fsp3) is 0.286. The minimum Gasteiger partial charge on any atom is -0.507 e. The average molecular weight is 298 g/mol. The van der Waals surface area contributed by atoms with Crippen LogP contribution in [0, 0.1) is 0 Å². The summed E-state index contributed by atoms with van der Waals surface area (Å²) in [6.07, 6.45) is -3.14. The van der Waals surface area contributed by atoms with E-state index in [9.17, 15) is 23.1 Å². The van der Waals surface area contributed by atoms with Crippen molar-refractivity contribution >= 4 is 6.29 Å². The summed E-state index contributed by atoms with van der Waals surface area (Å²) in [5.74, 6) is -0.209. The molecular weight excluding hydrogens is 285 g/mol. The van der Waals surface area contributed by atoms with Gasteiger partial charge in [0, 0.05) is 17.8 Å². The van der Waals surface area contributed by atoms with Crippen molar-refractivity contribution in [3.8, 4) is 17.1 Å². The van der Waals surface area contributed by atoms with Gasteiger partial charge in [0.25, 0.3) is 0 Å². The van der Waals surface area contributed by atoms with Crippen LogP contribution in [0.5, 0.6) is 5.75 Å². The van der Waals surface area contributed by atoms with E-state index in [4.69, 9.17) is 0 Å². The highest BCUT2D eigenvalue weighted by molar-refractivity contribution is 5.81. The Morgan fingerprint density at radius 3 is 2.48 bits per heavy atom. The number of aldehydes is 1. The summed E-state index contributed by atoms with van der Waals surface area (Å²) in [4.78, 5) is 14.3. The Bertz CT molecular complexity index is 675. The van der Waals surface area contributed by atoms with Crippen LogP contribution in [0.15, 0.2) is 24.4 Å². The smallest absolute Gasteiger partial charge is 0.434 e. The first kappa shape index (κ1) is 15.1. The van der Waals surface area contributed by atoms with Crippen molar-refractivity contribution in [2.75, 3.05) is 0 Å². The number of carbonyl (C=O) groups is 1. The van der Waals surface area contributed by atoms with Gasteiger partial charge in [-0.2, -0.15) is 13.2 Å². The molecule has 0 aliphatic rings. The molecule has 0 fully saturated rings. The third kappa shape index (κ3) is 2.91. The minimum atomic E-state index is -4.54. The second kappa shape index (κ2) is 5.23. The molecule has 0 unspecified atom stereocenters. The first-order valence-electron chi connectivity index (χ1n) is 6.18. The Hall–Kier alpha value is -2.31. The molecule has 112 valence electrons. The number of alkyl halides is 3. The number of halogens is 3. The normalized spacial score (nSPS) is 11.9. The monoisotopic (exact) mass is 298 g/mol. The number of imidazole rings is 1. The zero-order valence-corrected chi connectivity index (χ0v) is 11.3. The highest BCUT2D eigenvalue weighted by Crippen LogP contribution is 2.33. The topological polar surface area (TPSA) is 55.1 Å². The predicted molar refractivity (Wildman–Crippen MR) is 70.1 cm³/mol. The molecule has 0 saturated heterocycles. The maximum Gasteiger partial charge on any atom is 0.434 e. The zero-order chi connectivity index (χ0) is 15.8. The number of carbonyl (C=O) groups excluding carboxylic acids is 1. The van der Waals surface area contributed by atoms with Crippen molar-refractivity contribution in [1.29, 1.82) is 0 Å². The Morgan fingerprint density at radius 1 is 1.33 bits per heavy atom. The van der Waals surface area contributed by atoms with Crippen LogP contribution in [0.25, 0.3) is 11.4 Å². The summed E-state index contributed by atoms with van der Waals surface area (Å²) >= 11 is 0. The lowest BCUT2D eigenvalue weighted by Gasteiger charge is -2.11. The maximum absolute atomic E-state index is 12.8. The molecule has 2 aromatic rings. The third-order valence-electron chi connectivity index (χ3n) is 2.99. The van der Waals surface area contributed by atoms with E-state index < -0.39 is 11.9 Å². The van der Waals surface area contributed by atoms with E-state index in [1.165, 1.54) is 22.8 Å². The minimum absolute atomic E-state index is 0.0671. The first-order chi connectivity index (χ1) is 9.74. The largest absolute Gasteiger partial charge is 0.507 e. The van der Waals surface area contributed by atoms with Crippen LogP contribution in [0.2, 0.25) is 0 Å². The van der Waals surface area contributed by atoms with Gasteiger partial charge in [0.05, 0.1) is 5.56 Å². The SMILES string of the molecule is CC(C)n1cc(C(F)(F)F)nc1-c1ccc(C=O)c(O)c1. The van der Waals surface area contributed by atoms with E-state index in [0.29, 0.717) is 11.8 Å². The standard InChI is InChI=1S/C14H13F3N2O2/c1-8(2)19-6-12(14(15,16)17)18-13(19)9-3-4-10(7-20)11(21)5-9/h3-8,21H,1-2H3. The molecule has 2 rings (SSSR count). The predicted octanol–water partition coefficient (Wildman–Crippen LogP) is 3.67. The second-order valence-electron chi connectivity index (χ2n) is 4.84. The molecule has 0 radical (unpaired) electrons. The van der Waals surface area contributed by atoms with Gasteiger partial charge in [-0.25, -0.2) is 4.98 Å². The summed E-state index contributed by atoms with van der Waals surface area (Å²) in [5.41, 5.74) is -0.620. The van der Waals surface area contributed by atoms with E-state index in [-0.39, 0.29) is 23.2 Å². The number of phenols is 1. The van der Waals surface area contributed by atoms with Gasteiger partial charge in [-0.05, 0) is 26.0 Å². The summed E-state index contributed by atoms with van der Waals surface area (Å²) < 4.78 is 39.7. The molecule has 1 aromatic heterocycles. The Labute approximate surface area is 118 Å². The van der Waals surface area contributed by atoms with Crippen LogP contribution < -0.4 is 0 Å². The van der Waals surface area contributed by atoms with Crippen LogP contribution in [0.3, 0.4) is 0 Å². The Balaban J connectivity index is 2.59. The average Bonchev–Trinajstić information content (AvgIpc) is 2.83. The lowest BCUT2D eigenvalue weighted by atomic mass is 10.1. The van der Waals surface area contributed by atoms with Gasteiger partial charge >= 0.3 is 6.18 Å². The highest BCUT2D eigenvalue weighted by atomic mass is 19.4. The number of benzene rings is 1. The first-order valence-corrected chi connectivity index (χ1v) is 6.18. The van der Waals surface area contributed by atoms with Gasteiger partial charge in [0.2, 0.25) is 0 Å². The van der Waals surface area contributed by atoms with Gasteiger partial charge in [0.15, 0.2) is 12.0 Å². The van der Waals surface area contributed by atoms with Gasteiger partial charge in [-0.3, -0.25) is 4.79 Å². The summed E-state index contributed by atoms with van der Waals surface area (Å²) in [5, 5.41) is 9.66. The van der Waals surface area contributed by atoms with Gasteiger partial charge in [-0.1, -0.05) is 6.07 Å². The van der Waals surface area contributed by atoms with Crippen molar-refractivity contribution in [2.45, 2.75) is 26.1 Å². The molecule has 1 heterocycles. The van der Waals surface area contributed by atoms with Crippen LogP contribution in [0.1, 0.15) is 35.9 Å². The van der Waals surface area contributed by atoms with Gasteiger partial charge in [0.1, 0.15) is 11.6 Å². The molecule has 0 amide bonds. The number of hydrogen-bond donors (Lipinski definition) is 1. The molecule has 0 aliphatic heterocycles. The number of phenolic OH excluding ortho intramolecular Hbond substituents is 1. The van der Waals surface area contributed by atoms with Crippen molar-refractivity contribution < 1.29 is 23.1 Å². The van der Waals surface area contributed by atoms with E-state index in [0.717, 1.165) is 6.20 Å². The third-order valence-corrected chi connectivity index (χ3v) is 2.99. The summed E-state index contributed by atoms with van der Waals surface area (Å²) in [7, 11) is 0.